The average Bonchev–Trinajstić information content (AvgIpc) is 2.89. The van der Waals surface area contributed by atoms with Gasteiger partial charge in [0.2, 0.25) is 0 Å². The quantitative estimate of drug-likeness (QED) is 0.599. The molecule has 1 aromatic rings. The zero-order chi connectivity index (χ0) is 14.8. The molecule has 0 bridgehead atoms. The standard InChI is InChI=1S/C16H23NO2S/c1-3-4-5-6-8-13(2)17-16(19)15-14(9-7-11-18)10-12-20-15/h10,12-13,18H,3-6,8,11H2,1-2H3,(H,17,19). The number of carbonyl (C=O) groups is 1. The fraction of sp³-hybridized carbons (Fsp3) is 0.562. The van der Waals surface area contributed by atoms with Crippen LogP contribution in [0, 0.1) is 11.8 Å². The third-order valence-electron chi connectivity index (χ3n) is 3.04. The van der Waals surface area contributed by atoms with E-state index in [9.17, 15) is 4.79 Å². The fourth-order valence-electron chi connectivity index (χ4n) is 1.96. The molecule has 2 N–H and O–H groups in total. The largest absolute Gasteiger partial charge is 0.384 e. The minimum atomic E-state index is -0.190. The summed E-state index contributed by atoms with van der Waals surface area (Å²) in [6.07, 6.45) is 5.86. The summed E-state index contributed by atoms with van der Waals surface area (Å²) >= 11 is 1.39. The van der Waals surface area contributed by atoms with E-state index in [0.717, 1.165) is 12.8 Å². The summed E-state index contributed by atoms with van der Waals surface area (Å²) in [7, 11) is 0. The highest BCUT2D eigenvalue weighted by molar-refractivity contribution is 7.12. The van der Waals surface area contributed by atoms with Crippen LogP contribution in [-0.2, 0) is 0 Å². The van der Waals surface area contributed by atoms with Crippen LogP contribution in [0.4, 0.5) is 0 Å². The molecule has 0 aromatic carbocycles. The lowest BCUT2D eigenvalue weighted by Gasteiger charge is -2.13. The van der Waals surface area contributed by atoms with Gasteiger partial charge in [0.25, 0.3) is 5.91 Å². The average molecular weight is 293 g/mol. The topological polar surface area (TPSA) is 49.3 Å². The van der Waals surface area contributed by atoms with Crippen LogP contribution in [0.15, 0.2) is 11.4 Å². The molecule has 1 rings (SSSR count). The van der Waals surface area contributed by atoms with E-state index in [1.165, 1.54) is 30.6 Å². The van der Waals surface area contributed by atoms with Crippen molar-refractivity contribution in [2.24, 2.45) is 0 Å². The van der Waals surface area contributed by atoms with Gasteiger partial charge in [0.05, 0.1) is 0 Å². The van der Waals surface area contributed by atoms with Crippen LogP contribution in [0.2, 0.25) is 0 Å². The maximum absolute atomic E-state index is 12.2. The molecule has 3 nitrogen and oxygen atoms in total. The summed E-state index contributed by atoms with van der Waals surface area (Å²) in [4.78, 5) is 12.8. The Balaban J connectivity index is 2.48. The molecule has 0 radical (unpaired) electrons. The normalized spacial score (nSPS) is 11.6. The molecule has 1 unspecified atom stereocenters. The van der Waals surface area contributed by atoms with E-state index in [4.69, 9.17) is 5.11 Å². The fourth-order valence-corrected chi connectivity index (χ4v) is 2.71. The van der Waals surface area contributed by atoms with Gasteiger partial charge in [0.1, 0.15) is 11.5 Å². The van der Waals surface area contributed by atoms with Crippen molar-refractivity contribution in [3.63, 3.8) is 0 Å². The number of aliphatic hydroxyl groups is 1. The van der Waals surface area contributed by atoms with Crippen LogP contribution < -0.4 is 5.32 Å². The lowest BCUT2D eigenvalue weighted by molar-refractivity contribution is 0.0942. The summed E-state index contributed by atoms with van der Waals surface area (Å²) < 4.78 is 0. The van der Waals surface area contributed by atoms with Crippen LogP contribution in [0.1, 0.15) is 61.2 Å². The molecule has 0 aliphatic heterocycles. The molecule has 110 valence electrons. The molecule has 1 aromatic heterocycles. The number of amides is 1. The van der Waals surface area contributed by atoms with E-state index >= 15 is 0 Å². The molecule has 1 amide bonds. The second-order valence-corrected chi connectivity index (χ2v) is 5.76. The predicted octanol–water partition coefficient (Wildman–Crippen LogP) is 3.18. The summed E-state index contributed by atoms with van der Waals surface area (Å²) in [5, 5.41) is 13.6. The van der Waals surface area contributed by atoms with Gasteiger partial charge in [0.15, 0.2) is 0 Å². The Kier molecular flexibility index (Phi) is 8.01. The molecular weight excluding hydrogens is 270 g/mol. The Morgan fingerprint density at radius 1 is 1.45 bits per heavy atom. The monoisotopic (exact) mass is 293 g/mol. The smallest absolute Gasteiger partial charge is 0.262 e. The Labute approximate surface area is 125 Å². The van der Waals surface area contributed by atoms with E-state index in [-0.39, 0.29) is 18.6 Å². The van der Waals surface area contributed by atoms with Crippen LogP contribution in [0.3, 0.4) is 0 Å². The van der Waals surface area contributed by atoms with Gasteiger partial charge in [-0.2, -0.15) is 0 Å². The van der Waals surface area contributed by atoms with Crippen molar-refractivity contribution in [3.05, 3.63) is 21.9 Å². The zero-order valence-corrected chi connectivity index (χ0v) is 13.1. The van der Waals surface area contributed by atoms with E-state index in [1.54, 1.807) is 0 Å². The molecule has 0 aliphatic carbocycles. The number of carbonyl (C=O) groups excluding carboxylic acids is 1. The number of nitrogens with one attached hydrogen (secondary N) is 1. The lowest BCUT2D eigenvalue weighted by atomic mass is 10.1. The highest BCUT2D eigenvalue weighted by atomic mass is 32.1. The van der Waals surface area contributed by atoms with E-state index < -0.39 is 0 Å². The van der Waals surface area contributed by atoms with Crippen molar-refractivity contribution in [1.29, 1.82) is 0 Å². The molecule has 0 spiro atoms. The van der Waals surface area contributed by atoms with Crippen molar-refractivity contribution in [2.75, 3.05) is 6.61 Å². The first kappa shape index (κ1) is 16.7. The van der Waals surface area contributed by atoms with Crippen LogP contribution in [0.5, 0.6) is 0 Å². The summed E-state index contributed by atoms with van der Waals surface area (Å²) in [5.74, 6) is 5.32. The Bertz CT molecular complexity index is 470. The van der Waals surface area contributed by atoms with Crippen LogP contribution in [-0.4, -0.2) is 23.7 Å². The SMILES string of the molecule is CCCCCCC(C)NC(=O)c1sccc1C#CCO. The zero-order valence-electron chi connectivity index (χ0n) is 12.2. The van der Waals surface area contributed by atoms with Crippen molar-refractivity contribution in [3.8, 4) is 11.8 Å². The van der Waals surface area contributed by atoms with Gasteiger partial charge in [-0.25, -0.2) is 0 Å². The highest BCUT2D eigenvalue weighted by Crippen LogP contribution is 2.16. The minimum absolute atomic E-state index is 0.0646. The Morgan fingerprint density at radius 3 is 2.95 bits per heavy atom. The van der Waals surface area contributed by atoms with Crippen molar-refractivity contribution in [1.82, 2.24) is 5.32 Å². The van der Waals surface area contributed by atoms with Gasteiger partial charge in [0, 0.05) is 11.6 Å². The number of rotatable bonds is 7. The van der Waals surface area contributed by atoms with Gasteiger partial charge in [-0.1, -0.05) is 44.4 Å². The Hall–Kier alpha value is -1.31. The summed E-state index contributed by atoms with van der Waals surface area (Å²) in [6, 6.07) is 1.99. The molecule has 0 saturated heterocycles. The highest BCUT2D eigenvalue weighted by Gasteiger charge is 2.14. The van der Waals surface area contributed by atoms with Gasteiger partial charge >= 0.3 is 0 Å². The molecule has 1 atom stereocenters. The van der Waals surface area contributed by atoms with Crippen molar-refractivity contribution < 1.29 is 9.90 Å². The molecule has 1 heterocycles. The maximum atomic E-state index is 12.2. The maximum Gasteiger partial charge on any atom is 0.262 e. The number of thiophene rings is 1. The van der Waals surface area contributed by atoms with Crippen molar-refractivity contribution >= 4 is 17.2 Å². The van der Waals surface area contributed by atoms with Gasteiger partial charge in [-0.3, -0.25) is 4.79 Å². The van der Waals surface area contributed by atoms with Crippen LogP contribution in [0.25, 0.3) is 0 Å². The number of hydrogen-bond acceptors (Lipinski definition) is 3. The second-order valence-electron chi connectivity index (χ2n) is 4.85. The third-order valence-corrected chi connectivity index (χ3v) is 3.95. The van der Waals surface area contributed by atoms with Gasteiger partial charge in [-0.15, -0.1) is 11.3 Å². The molecular formula is C16H23NO2S. The van der Waals surface area contributed by atoms with Gasteiger partial charge < -0.3 is 10.4 Å². The molecule has 0 saturated carbocycles. The number of unbranched alkanes of at least 4 members (excludes halogenated alkanes) is 3. The molecule has 20 heavy (non-hydrogen) atoms. The Morgan fingerprint density at radius 2 is 2.25 bits per heavy atom. The van der Waals surface area contributed by atoms with Gasteiger partial charge in [-0.05, 0) is 24.8 Å². The minimum Gasteiger partial charge on any atom is -0.384 e. The first-order valence-corrected chi connectivity index (χ1v) is 8.05. The molecule has 0 fully saturated rings. The van der Waals surface area contributed by atoms with Crippen molar-refractivity contribution in [2.45, 2.75) is 52.0 Å². The third kappa shape index (κ3) is 5.77. The predicted molar refractivity (Wildman–Crippen MR) is 84.0 cm³/mol. The van der Waals surface area contributed by atoms with E-state index in [1.807, 2.05) is 18.4 Å². The number of aliphatic hydroxyl groups excluding tert-OH is 1. The number of hydrogen-bond donors (Lipinski definition) is 2. The van der Waals surface area contributed by atoms with Crippen LogP contribution >= 0.6 is 11.3 Å². The van der Waals surface area contributed by atoms with E-state index in [2.05, 4.69) is 24.1 Å². The first-order chi connectivity index (χ1) is 9.69. The lowest BCUT2D eigenvalue weighted by Crippen LogP contribution is -2.32. The summed E-state index contributed by atoms with van der Waals surface area (Å²) in [5.41, 5.74) is 0.694. The summed E-state index contributed by atoms with van der Waals surface area (Å²) in [6.45, 7) is 4.04. The van der Waals surface area contributed by atoms with E-state index in [0.29, 0.717) is 10.4 Å². The molecule has 0 aliphatic rings. The second kappa shape index (κ2) is 9.57. The first-order valence-electron chi connectivity index (χ1n) is 7.17. The molecule has 4 heteroatoms.